The lowest BCUT2D eigenvalue weighted by Crippen LogP contribution is -2.30. The van der Waals surface area contributed by atoms with Gasteiger partial charge in [0.25, 0.3) is 0 Å². The van der Waals surface area contributed by atoms with E-state index in [1.807, 2.05) is 44.2 Å². The molecule has 0 bridgehead atoms. The zero-order chi connectivity index (χ0) is 21.0. The molecule has 0 spiro atoms. The van der Waals surface area contributed by atoms with Crippen LogP contribution in [0.25, 0.3) is 22.5 Å². The lowest BCUT2D eigenvalue weighted by atomic mass is 9.95. The zero-order valence-corrected chi connectivity index (χ0v) is 16.8. The van der Waals surface area contributed by atoms with Gasteiger partial charge in [-0.3, -0.25) is 9.89 Å². The summed E-state index contributed by atoms with van der Waals surface area (Å²) in [5, 5.41) is 16.1. The van der Waals surface area contributed by atoms with Crippen LogP contribution in [0.1, 0.15) is 27.7 Å². The minimum absolute atomic E-state index is 0.00989. The average molecular weight is 396 g/mol. The number of rotatable bonds is 8. The second-order valence-corrected chi connectivity index (χ2v) is 7.57. The lowest BCUT2D eigenvalue weighted by Gasteiger charge is -2.18. The Bertz CT molecular complexity index is 963. The summed E-state index contributed by atoms with van der Waals surface area (Å²) in [4.78, 5) is 19.7. The Morgan fingerprint density at radius 2 is 1.76 bits per heavy atom. The highest BCUT2D eigenvalue weighted by molar-refractivity contribution is 5.73. The minimum Gasteiger partial charge on any atom is -0.481 e. The number of hydrogen-bond donors (Lipinski definition) is 2. The number of nitrogens with zero attached hydrogens (tertiary/aromatic N) is 3. The molecule has 0 aliphatic heterocycles. The van der Waals surface area contributed by atoms with E-state index in [4.69, 9.17) is 14.6 Å². The number of carboxylic acids is 1. The molecule has 1 aromatic carbocycles. The van der Waals surface area contributed by atoms with Crippen molar-refractivity contribution in [2.24, 2.45) is 5.41 Å². The predicted octanol–water partition coefficient (Wildman–Crippen LogP) is 3.81. The molecule has 152 valence electrons. The van der Waals surface area contributed by atoms with Gasteiger partial charge in [0, 0.05) is 23.4 Å². The van der Waals surface area contributed by atoms with Gasteiger partial charge >= 0.3 is 12.0 Å². The molecule has 0 fully saturated rings. The van der Waals surface area contributed by atoms with Gasteiger partial charge in [0.15, 0.2) is 5.82 Å². The van der Waals surface area contributed by atoms with Crippen LogP contribution in [0.15, 0.2) is 42.6 Å². The van der Waals surface area contributed by atoms with E-state index in [0.29, 0.717) is 17.7 Å². The van der Waals surface area contributed by atoms with Crippen molar-refractivity contribution in [1.82, 2.24) is 20.2 Å². The van der Waals surface area contributed by atoms with Crippen molar-refractivity contribution < 1.29 is 19.4 Å². The molecule has 0 radical (unpaired) electrons. The Labute approximate surface area is 168 Å². The van der Waals surface area contributed by atoms with Crippen LogP contribution >= 0.6 is 0 Å². The van der Waals surface area contributed by atoms with E-state index in [9.17, 15) is 4.79 Å². The van der Waals surface area contributed by atoms with Crippen molar-refractivity contribution in [2.45, 2.75) is 33.8 Å². The summed E-state index contributed by atoms with van der Waals surface area (Å²) in [6, 6.07) is 11.7. The second-order valence-electron chi connectivity index (χ2n) is 7.57. The molecule has 0 unspecified atom stereocenters. The number of aromatic amines is 1. The maximum Gasteiger partial charge on any atom is 0.336 e. The molecule has 0 aliphatic rings. The van der Waals surface area contributed by atoms with Crippen LogP contribution in [0.4, 0.5) is 0 Å². The predicted molar refractivity (Wildman–Crippen MR) is 108 cm³/mol. The molecule has 0 aliphatic carbocycles. The fourth-order valence-electron chi connectivity index (χ4n) is 2.41. The molecule has 0 saturated carbocycles. The van der Waals surface area contributed by atoms with E-state index in [1.54, 1.807) is 26.1 Å². The molecule has 2 aromatic heterocycles. The summed E-state index contributed by atoms with van der Waals surface area (Å²) in [6.07, 6.45) is 1.71. The summed E-state index contributed by atoms with van der Waals surface area (Å²) in [5.74, 6) is 0.109. The maximum absolute atomic E-state index is 11.1. The molecule has 29 heavy (non-hydrogen) atoms. The van der Waals surface area contributed by atoms with E-state index in [0.717, 1.165) is 16.7 Å². The fraction of sp³-hybridized carbons (Fsp3) is 0.333. The summed E-state index contributed by atoms with van der Waals surface area (Å²) >= 11 is 0. The number of ether oxygens (including phenoxy) is 2. The number of aliphatic carboxylic acids is 1. The quantitative estimate of drug-likeness (QED) is 0.596. The molecule has 2 heterocycles. The van der Waals surface area contributed by atoms with Crippen LogP contribution in [-0.4, -0.2) is 44.0 Å². The van der Waals surface area contributed by atoms with Crippen LogP contribution in [0.5, 0.6) is 11.9 Å². The van der Waals surface area contributed by atoms with Crippen molar-refractivity contribution in [1.29, 1.82) is 0 Å². The van der Waals surface area contributed by atoms with Crippen LogP contribution in [0.2, 0.25) is 0 Å². The summed E-state index contributed by atoms with van der Waals surface area (Å²) in [5.41, 5.74) is 1.82. The molecule has 8 heteroatoms. The van der Waals surface area contributed by atoms with Crippen molar-refractivity contribution >= 4 is 5.97 Å². The van der Waals surface area contributed by atoms with Gasteiger partial charge < -0.3 is 14.6 Å². The van der Waals surface area contributed by atoms with Crippen molar-refractivity contribution in [3.63, 3.8) is 0 Å². The van der Waals surface area contributed by atoms with E-state index in [1.165, 1.54) is 0 Å². The molecule has 8 nitrogen and oxygen atoms in total. The smallest absolute Gasteiger partial charge is 0.336 e. The normalized spacial score (nSPS) is 11.5. The number of benzene rings is 1. The molecule has 3 aromatic rings. The number of carboxylic acid groups (broad SMARTS) is 1. The first-order valence-corrected chi connectivity index (χ1v) is 9.27. The Morgan fingerprint density at radius 3 is 2.34 bits per heavy atom. The van der Waals surface area contributed by atoms with Crippen LogP contribution in [-0.2, 0) is 4.79 Å². The molecule has 0 saturated heterocycles. The summed E-state index contributed by atoms with van der Waals surface area (Å²) in [6.45, 7) is 7.10. The Morgan fingerprint density at radius 1 is 1.10 bits per heavy atom. The van der Waals surface area contributed by atoms with E-state index >= 15 is 0 Å². The van der Waals surface area contributed by atoms with Crippen LogP contribution in [0, 0.1) is 5.41 Å². The Balaban J connectivity index is 1.67. The molecule has 0 amide bonds. The first kappa shape index (κ1) is 20.3. The second kappa shape index (κ2) is 8.30. The largest absolute Gasteiger partial charge is 0.481 e. The standard InChI is InChI=1S/C21H24N4O4/c1-13(2)29-20-23-18(24-25-20)15-7-5-14(6-8-15)16-9-10-17(22-11-16)28-12-21(3,4)19(26)27/h5-11,13H,12H2,1-4H3,(H,26,27)(H,23,24,25). The highest BCUT2D eigenvalue weighted by Gasteiger charge is 2.28. The van der Waals surface area contributed by atoms with Gasteiger partial charge in [-0.25, -0.2) is 4.98 Å². The van der Waals surface area contributed by atoms with Gasteiger partial charge in [0.2, 0.25) is 5.88 Å². The summed E-state index contributed by atoms with van der Waals surface area (Å²) in [7, 11) is 0. The van der Waals surface area contributed by atoms with Gasteiger partial charge in [0.1, 0.15) is 6.61 Å². The first-order chi connectivity index (χ1) is 13.7. The third-order valence-corrected chi connectivity index (χ3v) is 4.19. The van der Waals surface area contributed by atoms with Crippen molar-refractivity contribution in [3.8, 4) is 34.4 Å². The van der Waals surface area contributed by atoms with Crippen molar-refractivity contribution in [2.75, 3.05) is 6.61 Å². The van der Waals surface area contributed by atoms with Gasteiger partial charge in [-0.05, 0) is 39.3 Å². The molecular formula is C21H24N4O4. The number of aromatic nitrogens is 4. The third-order valence-electron chi connectivity index (χ3n) is 4.19. The molecular weight excluding hydrogens is 372 g/mol. The van der Waals surface area contributed by atoms with E-state index in [2.05, 4.69) is 20.2 Å². The van der Waals surface area contributed by atoms with Crippen molar-refractivity contribution in [3.05, 3.63) is 42.6 Å². The number of hydrogen-bond acceptors (Lipinski definition) is 6. The average Bonchev–Trinajstić information content (AvgIpc) is 3.14. The lowest BCUT2D eigenvalue weighted by molar-refractivity contribution is -0.148. The van der Waals surface area contributed by atoms with Gasteiger partial charge in [-0.2, -0.15) is 4.98 Å². The highest BCUT2D eigenvalue weighted by atomic mass is 16.5. The summed E-state index contributed by atoms with van der Waals surface area (Å²) < 4.78 is 11.0. The zero-order valence-electron chi connectivity index (χ0n) is 16.8. The molecule has 2 N–H and O–H groups in total. The first-order valence-electron chi connectivity index (χ1n) is 9.27. The van der Waals surface area contributed by atoms with E-state index in [-0.39, 0.29) is 12.7 Å². The number of carbonyl (C=O) groups is 1. The van der Waals surface area contributed by atoms with Gasteiger partial charge in [0.05, 0.1) is 11.5 Å². The topological polar surface area (TPSA) is 110 Å². The van der Waals surface area contributed by atoms with Crippen LogP contribution < -0.4 is 9.47 Å². The van der Waals surface area contributed by atoms with Gasteiger partial charge in [-0.15, -0.1) is 5.10 Å². The number of nitrogens with one attached hydrogen (secondary N) is 1. The SMILES string of the molecule is CC(C)Oc1n[nH]c(-c2ccc(-c3ccc(OCC(C)(C)C(=O)O)nc3)cc2)n1. The number of pyridine rings is 1. The van der Waals surface area contributed by atoms with E-state index < -0.39 is 11.4 Å². The monoisotopic (exact) mass is 396 g/mol. The fourth-order valence-corrected chi connectivity index (χ4v) is 2.41. The Kier molecular flexibility index (Phi) is 5.81. The number of H-pyrrole nitrogens is 1. The minimum atomic E-state index is -0.975. The molecule has 0 atom stereocenters. The highest BCUT2D eigenvalue weighted by Crippen LogP contribution is 2.25. The maximum atomic E-state index is 11.1. The molecule has 3 rings (SSSR count). The third kappa shape index (κ3) is 5.10. The Hall–Kier alpha value is -3.42. The van der Waals surface area contributed by atoms with Gasteiger partial charge in [-0.1, -0.05) is 24.3 Å². The van der Waals surface area contributed by atoms with Crippen LogP contribution in [0.3, 0.4) is 0 Å².